The van der Waals surface area contributed by atoms with E-state index in [9.17, 15) is 4.79 Å². The molecule has 0 rings (SSSR count). The van der Waals surface area contributed by atoms with Crippen molar-refractivity contribution in [1.29, 1.82) is 0 Å². The lowest BCUT2D eigenvalue weighted by Gasteiger charge is -1.90. The standard InChI is InChI=1S/C10H12O/c1-4-6-8-10(7-5-2)9(3)11/h2,6-8H,4H2,1,3H3/b8-6-,10-7+. The third-order valence-corrected chi connectivity index (χ3v) is 1.18. The summed E-state index contributed by atoms with van der Waals surface area (Å²) < 4.78 is 0. The average Bonchev–Trinajstić information content (AvgIpc) is 1.97. The molecule has 0 bridgehead atoms. The Morgan fingerprint density at radius 2 is 2.27 bits per heavy atom. The van der Waals surface area contributed by atoms with Gasteiger partial charge in [-0.15, -0.1) is 6.42 Å². The Bertz CT molecular complexity index is 226. The summed E-state index contributed by atoms with van der Waals surface area (Å²) >= 11 is 0. The largest absolute Gasteiger partial charge is 0.294 e. The number of carbonyl (C=O) groups excluding carboxylic acids is 1. The molecule has 0 saturated carbocycles. The van der Waals surface area contributed by atoms with Gasteiger partial charge in [0, 0.05) is 5.57 Å². The quantitative estimate of drug-likeness (QED) is 0.340. The van der Waals surface area contributed by atoms with Crippen molar-refractivity contribution in [3.63, 3.8) is 0 Å². The van der Waals surface area contributed by atoms with Crippen molar-refractivity contribution in [3.05, 3.63) is 23.8 Å². The van der Waals surface area contributed by atoms with Crippen LogP contribution in [0.1, 0.15) is 20.3 Å². The van der Waals surface area contributed by atoms with Crippen LogP contribution in [0.3, 0.4) is 0 Å². The molecule has 0 aromatic rings. The number of terminal acetylenes is 1. The van der Waals surface area contributed by atoms with E-state index in [1.165, 1.54) is 13.0 Å². The van der Waals surface area contributed by atoms with Crippen LogP contribution in [0.5, 0.6) is 0 Å². The second-order valence-electron chi connectivity index (χ2n) is 2.13. The van der Waals surface area contributed by atoms with Gasteiger partial charge < -0.3 is 0 Å². The first-order valence-electron chi connectivity index (χ1n) is 3.56. The van der Waals surface area contributed by atoms with Gasteiger partial charge in [-0.2, -0.15) is 0 Å². The van der Waals surface area contributed by atoms with Crippen molar-refractivity contribution in [2.24, 2.45) is 0 Å². The molecular formula is C10H12O. The van der Waals surface area contributed by atoms with Gasteiger partial charge in [-0.25, -0.2) is 0 Å². The van der Waals surface area contributed by atoms with Gasteiger partial charge in [0.15, 0.2) is 5.78 Å². The van der Waals surface area contributed by atoms with Gasteiger partial charge in [0.05, 0.1) is 0 Å². The molecule has 11 heavy (non-hydrogen) atoms. The van der Waals surface area contributed by atoms with E-state index >= 15 is 0 Å². The minimum absolute atomic E-state index is 0.00708. The van der Waals surface area contributed by atoms with E-state index in [4.69, 9.17) is 6.42 Å². The number of hydrogen-bond acceptors (Lipinski definition) is 1. The predicted octanol–water partition coefficient (Wildman–Crippen LogP) is 2.10. The van der Waals surface area contributed by atoms with Crippen molar-refractivity contribution in [3.8, 4) is 12.3 Å². The van der Waals surface area contributed by atoms with E-state index in [0.29, 0.717) is 5.57 Å². The Balaban J connectivity index is 4.39. The van der Waals surface area contributed by atoms with Gasteiger partial charge in [-0.3, -0.25) is 4.79 Å². The van der Waals surface area contributed by atoms with Crippen LogP contribution in [0.2, 0.25) is 0 Å². The maximum atomic E-state index is 10.8. The van der Waals surface area contributed by atoms with Crippen LogP contribution in [0.15, 0.2) is 23.8 Å². The summed E-state index contributed by atoms with van der Waals surface area (Å²) in [6.07, 6.45) is 11.1. The van der Waals surface area contributed by atoms with Crippen LogP contribution >= 0.6 is 0 Å². The number of allylic oxidation sites excluding steroid dienone is 4. The summed E-state index contributed by atoms with van der Waals surface area (Å²) in [5.41, 5.74) is 0.592. The first kappa shape index (κ1) is 9.71. The van der Waals surface area contributed by atoms with Gasteiger partial charge in [-0.05, 0) is 19.4 Å². The molecule has 0 spiro atoms. The Morgan fingerprint density at radius 1 is 1.64 bits per heavy atom. The van der Waals surface area contributed by atoms with Crippen LogP contribution in [0.25, 0.3) is 0 Å². The molecule has 1 heteroatoms. The van der Waals surface area contributed by atoms with Gasteiger partial charge in [0.25, 0.3) is 0 Å². The van der Waals surface area contributed by atoms with E-state index in [-0.39, 0.29) is 5.78 Å². The molecule has 0 atom stereocenters. The summed E-state index contributed by atoms with van der Waals surface area (Å²) in [5.74, 6) is 2.33. The fourth-order valence-electron chi connectivity index (χ4n) is 0.602. The van der Waals surface area contributed by atoms with Crippen molar-refractivity contribution < 1.29 is 4.79 Å². The Kier molecular flexibility index (Phi) is 4.85. The number of ketones is 1. The normalized spacial score (nSPS) is 11.5. The molecule has 0 aliphatic heterocycles. The third kappa shape index (κ3) is 4.16. The molecule has 0 aliphatic rings. The number of rotatable bonds is 3. The second kappa shape index (κ2) is 5.49. The molecule has 58 valence electrons. The summed E-state index contributed by atoms with van der Waals surface area (Å²) in [6, 6.07) is 0. The number of carbonyl (C=O) groups is 1. The molecule has 0 aliphatic carbocycles. The fraction of sp³-hybridized carbons (Fsp3) is 0.300. The van der Waals surface area contributed by atoms with E-state index in [1.54, 1.807) is 6.08 Å². The van der Waals surface area contributed by atoms with Crippen LogP contribution in [-0.2, 0) is 4.79 Å². The van der Waals surface area contributed by atoms with E-state index in [1.807, 2.05) is 13.0 Å². The molecule has 0 radical (unpaired) electrons. The zero-order valence-corrected chi connectivity index (χ0v) is 6.92. The highest BCUT2D eigenvalue weighted by Gasteiger charge is 1.95. The number of hydrogen-bond donors (Lipinski definition) is 0. The Labute approximate surface area is 67.8 Å². The third-order valence-electron chi connectivity index (χ3n) is 1.18. The van der Waals surface area contributed by atoms with Gasteiger partial charge >= 0.3 is 0 Å². The summed E-state index contributed by atoms with van der Waals surface area (Å²) in [7, 11) is 0. The zero-order chi connectivity index (χ0) is 8.69. The fourth-order valence-corrected chi connectivity index (χ4v) is 0.602. The maximum absolute atomic E-state index is 10.8. The average molecular weight is 148 g/mol. The SMILES string of the molecule is C#C/C=C(\C=C/CC)C(C)=O. The van der Waals surface area contributed by atoms with Crippen LogP contribution in [0, 0.1) is 12.3 Å². The summed E-state index contributed by atoms with van der Waals surface area (Å²) in [4.78, 5) is 10.8. The summed E-state index contributed by atoms with van der Waals surface area (Å²) in [5, 5.41) is 0. The molecule has 0 heterocycles. The van der Waals surface area contributed by atoms with Crippen LogP contribution in [-0.4, -0.2) is 5.78 Å². The smallest absolute Gasteiger partial charge is 0.160 e. The molecule has 0 unspecified atom stereocenters. The number of Topliss-reactive ketones (excluding diaryl/α,β-unsaturated/α-hetero) is 1. The monoisotopic (exact) mass is 148 g/mol. The molecule has 0 amide bonds. The minimum atomic E-state index is 0.00708. The second-order valence-corrected chi connectivity index (χ2v) is 2.13. The Hall–Kier alpha value is -1.29. The van der Waals surface area contributed by atoms with E-state index in [2.05, 4.69) is 5.92 Å². The van der Waals surface area contributed by atoms with Gasteiger partial charge in [0.2, 0.25) is 0 Å². The Morgan fingerprint density at radius 3 is 2.64 bits per heavy atom. The molecule has 0 aromatic heterocycles. The molecule has 0 saturated heterocycles. The van der Waals surface area contributed by atoms with Crippen molar-refractivity contribution in [2.75, 3.05) is 0 Å². The van der Waals surface area contributed by atoms with E-state index < -0.39 is 0 Å². The lowest BCUT2D eigenvalue weighted by Crippen LogP contribution is -1.91. The predicted molar refractivity (Wildman–Crippen MR) is 47.0 cm³/mol. The van der Waals surface area contributed by atoms with Crippen molar-refractivity contribution in [2.45, 2.75) is 20.3 Å². The highest BCUT2D eigenvalue weighted by molar-refractivity contribution is 5.96. The topological polar surface area (TPSA) is 17.1 Å². The first-order chi connectivity index (χ1) is 5.22. The van der Waals surface area contributed by atoms with Crippen molar-refractivity contribution >= 4 is 5.78 Å². The molecule has 0 aromatic carbocycles. The minimum Gasteiger partial charge on any atom is -0.294 e. The van der Waals surface area contributed by atoms with Crippen LogP contribution < -0.4 is 0 Å². The van der Waals surface area contributed by atoms with Gasteiger partial charge in [0.1, 0.15) is 0 Å². The highest BCUT2D eigenvalue weighted by atomic mass is 16.1. The van der Waals surface area contributed by atoms with Gasteiger partial charge in [-0.1, -0.05) is 25.0 Å². The maximum Gasteiger partial charge on any atom is 0.160 e. The molecule has 0 fully saturated rings. The summed E-state index contributed by atoms with van der Waals surface area (Å²) in [6.45, 7) is 3.51. The van der Waals surface area contributed by atoms with Crippen molar-refractivity contribution in [1.82, 2.24) is 0 Å². The molecule has 0 N–H and O–H groups in total. The zero-order valence-electron chi connectivity index (χ0n) is 6.92. The first-order valence-corrected chi connectivity index (χ1v) is 3.56. The highest BCUT2D eigenvalue weighted by Crippen LogP contribution is 1.98. The lowest BCUT2D eigenvalue weighted by atomic mass is 10.1. The van der Waals surface area contributed by atoms with E-state index in [0.717, 1.165) is 6.42 Å². The lowest BCUT2D eigenvalue weighted by molar-refractivity contribution is -0.113. The van der Waals surface area contributed by atoms with Crippen LogP contribution in [0.4, 0.5) is 0 Å². The molecule has 1 nitrogen and oxygen atoms in total. The molecular weight excluding hydrogens is 136 g/mol.